The molecule has 4 aliphatic rings. The van der Waals surface area contributed by atoms with E-state index in [0.717, 1.165) is 42.1 Å². The topological polar surface area (TPSA) is 153 Å². The fourth-order valence-electron chi connectivity index (χ4n) is 5.97. The van der Waals surface area contributed by atoms with Gasteiger partial charge in [0.2, 0.25) is 10.3 Å². The Hall–Kier alpha value is -4.92. The Morgan fingerprint density at radius 2 is 1.20 bits per heavy atom. The summed E-state index contributed by atoms with van der Waals surface area (Å²) in [5.74, 6) is -2.49. The molecule has 4 amide bonds. The number of hydrogen-bond donors (Lipinski definition) is 0. The predicted molar refractivity (Wildman–Crippen MR) is 164 cm³/mol. The molecule has 0 bridgehead atoms. The Bertz CT molecular complexity index is 1920. The highest BCUT2D eigenvalue weighted by Gasteiger charge is 2.54. The molecule has 2 aromatic rings. The third-order valence-electron chi connectivity index (χ3n) is 8.49. The molecule has 44 heavy (non-hydrogen) atoms. The van der Waals surface area contributed by atoms with Crippen molar-refractivity contribution < 1.29 is 19.2 Å². The van der Waals surface area contributed by atoms with Crippen LogP contribution >= 0.6 is 22.7 Å². The molecule has 0 aromatic carbocycles. The van der Waals surface area contributed by atoms with E-state index in [4.69, 9.17) is 16.5 Å². The lowest BCUT2D eigenvalue weighted by atomic mass is 9.84. The number of hydrogen-bond acceptors (Lipinski definition) is 11. The molecule has 0 spiro atoms. The summed E-state index contributed by atoms with van der Waals surface area (Å²) >= 11 is 2.68. The second-order valence-corrected chi connectivity index (χ2v) is 13.8. The second kappa shape index (κ2) is 9.29. The van der Waals surface area contributed by atoms with Gasteiger partial charge in [0.1, 0.15) is 23.1 Å². The van der Waals surface area contributed by atoms with Crippen LogP contribution in [0.4, 0.5) is 10.3 Å². The van der Waals surface area contributed by atoms with E-state index in [2.05, 4.69) is 42.5 Å². The molecule has 220 valence electrons. The largest absolute Gasteiger partial charge is 0.286 e. The van der Waals surface area contributed by atoms with E-state index < -0.39 is 34.5 Å². The van der Waals surface area contributed by atoms with Gasteiger partial charge in [0.05, 0.1) is 27.7 Å². The van der Waals surface area contributed by atoms with Gasteiger partial charge in [-0.3, -0.25) is 29.0 Å². The number of thiazole rings is 2. The van der Waals surface area contributed by atoms with Gasteiger partial charge < -0.3 is 0 Å². The lowest BCUT2D eigenvalue weighted by molar-refractivity contribution is -0.138. The van der Waals surface area contributed by atoms with Crippen molar-refractivity contribution in [3.63, 3.8) is 0 Å². The highest BCUT2D eigenvalue weighted by atomic mass is 32.1. The first kappa shape index (κ1) is 29.2. The molecule has 0 unspecified atom stereocenters. The van der Waals surface area contributed by atoms with Crippen molar-refractivity contribution >= 4 is 79.1 Å². The first-order valence-electron chi connectivity index (χ1n) is 13.4. The van der Waals surface area contributed by atoms with Crippen LogP contribution in [-0.2, 0) is 30.0 Å². The summed E-state index contributed by atoms with van der Waals surface area (Å²) in [5.41, 5.74) is 2.76. The van der Waals surface area contributed by atoms with Gasteiger partial charge >= 0.3 is 0 Å². The summed E-state index contributed by atoms with van der Waals surface area (Å²) in [7, 11) is 2.65. The number of amides is 4. The third kappa shape index (κ3) is 3.64. The van der Waals surface area contributed by atoms with Crippen LogP contribution in [-0.4, -0.2) is 68.9 Å². The summed E-state index contributed by atoms with van der Waals surface area (Å²) in [6, 6.07) is 1.88. The normalized spacial score (nSPS) is 22.3. The van der Waals surface area contributed by atoms with Crippen LogP contribution in [0.5, 0.6) is 0 Å². The molecule has 2 aliphatic carbocycles. The van der Waals surface area contributed by atoms with Crippen LogP contribution in [0.15, 0.2) is 32.4 Å². The molecule has 0 atom stereocenters. The van der Waals surface area contributed by atoms with Crippen LogP contribution in [0, 0.1) is 17.9 Å². The molecular weight excluding hydrogens is 601 g/mol. The van der Waals surface area contributed by atoms with Crippen LogP contribution in [0.25, 0.3) is 16.0 Å². The van der Waals surface area contributed by atoms with Gasteiger partial charge in [-0.2, -0.15) is 5.26 Å². The van der Waals surface area contributed by atoms with Crippen LogP contribution in [0.3, 0.4) is 0 Å². The lowest BCUT2D eigenvalue weighted by Gasteiger charge is -2.23. The van der Waals surface area contributed by atoms with Crippen molar-refractivity contribution in [2.75, 3.05) is 14.1 Å². The smallest absolute Gasteiger partial charge is 0.279 e. The minimum atomic E-state index is -0.659. The molecule has 0 fully saturated rings. The van der Waals surface area contributed by atoms with Gasteiger partial charge in [-0.15, -0.1) is 0 Å². The standard InChI is InChI=1S/C30H24N8O4S2/c1-11-13(10-31)23(39)37(8)25(41)17(11)33-27-35-21-19(43-27)14-15(29(21,3)4)20-22(30(14,5)6)36-28(44-20)34-18-12(2)16(32-7)24(40)38(9)26(18)42/h1-6,8-9H3. The summed E-state index contributed by atoms with van der Waals surface area (Å²) in [6.45, 7) is 18.7. The average Bonchev–Trinajstić information content (AvgIpc) is 3.68. The molecular formula is C30H24N8O4S2. The quantitative estimate of drug-likeness (QED) is 0.357. The minimum absolute atomic E-state index is 0.00798. The zero-order valence-electron chi connectivity index (χ0n) is 25.0. The molecule has 2 aromatic heterocycles. The van der Waals surface area contributed by atoms with Crippen molar-refractivity contribution in [3.8, 4) is 6.07 Å². The van der Waals surface area contributed by atoms with Crippen LogP contribution in [0.2, 0.25) is 0 Å². The van der Waals surface area contributed by atoms with Gasteiger partial charge in [-0.25, -0.2) is 24.8 Å². The predicted octanol–water partition coefficient (Wildman–Crippen LogP) is 4.27. The molecule has 6 rings (SSSR count). The Morgan fingerprint density at radius 1 is 0.773 bits per heavy atom. The maximum Gasteiger partial charge on any atom is 0.279 e. The summed E-state index contributed by atoms with van der Waals surface area (Å²) < 4.78 is 0. The second-order valence-electron chi connectivity index (χ2n) is 11.8. The first-order chi connectivity index (χ1) is 20.6. The van der Waals surface area contributed by atoms with E-state index >= 15 is 0 Å². The maximum atomic E-state index is 12.9. The van der Waals surface area contributed by atoms with E-state index in [1.54, 1.807) is 6.92 Å². The number of carbonyl (C=O) groups excluding carboxylic acids is 4. The monoisotopic (exact) mass is 624 g/mol. The number of rotatable bonds is 2. The highest BCUT2D eigenvalue weighted by molar-refractivity contribution is 7.18. The van der Waals surface area contributed by atoms with E-state index in [1.807, 2.05) is 6.07 Å². The third-order valence-corrected chi connectivity index (χ3v) is 10.4. The molecule has 0 saturated carbocycles. The van der Waals surface area contributed by atoms with Crippen molar-refractivity contribution in [3.05, 3.63) is 55.0 Å². The Labute approximate surface area is 260 Å². The van der Waals surface area contributed by atoms with Crippen LogP contribution in [0.1, 0.15) is 62.7 Å². The molecule has 14 heteroatoms. The molecule has 4 heterocycles. The van der Waals surface area contributed by atoms with Gasteiger partial charge in [-0.1, -0.05) is 50.4 Å². The van der Waals surface area contributed by atoms with E-state index in [-0.39, 0.29) is 33.8 Å². The highest BCUT2D eigenvalue weighted by Crippen LogP contribution is 2.65. The number of aliphatic imine (C=N–C) groups is 2. The summed E-state index contributed by atoms with van der Waals surface area (Å²) in [6.07, 6.45) is 0. The fourth-order valence-corrected chi connectivity index (χ4v) is 8.60. The number of carbonyl (C=O) groups is 4. The van der Waals surface area contributed by atoms with Crippen molar-refractivity contribution in [2.45, 2.75) is 52.4 Å². The zero-order valence-corrected chi connectivity index (χ0v) is 26.7. The van der Waals surface area contributed by atoms with Gasteiger partial charge in [0, 0.05) is 30.5 Å². The van der Waals surface area contributed by atoms with Gasteiger partial charge in [0.15, 0.2) is 0 Å². The van der Waals surface area contributed by atoms with Crippen molar-refractivity contribution in [2.24, 2.45) is 9.98 Å². The molecule has 12 nitrogen and oxygen atoms in total. The number of likely N-dealkylation sites (N-methyl/N-ethyl adjacent to an activating group) is 2. The van der Waals surface area contributed by atoms with Gasteiger partial charge in [-0.05, 0) is 30.6 Å². The number of allylic oxidation sites excluding steroid dienone is 2. The van der Waals surface area contributed by atoms with E-state index in [1.165, 1.54) is 43.7 Å². The summed E-state index contributed by atoms with van der Waals surface area (Å²) in [4.78, 5) is 76.3. The van der Waals surface area contributed by atoms with Crippen molar-refractivity contribution in [1.29, 1.82) is 5.26 Å². The van der Waals surface area contributed by atoms with Gasteiger partial charge in [0.25, 0.3) is 29.3 Å². The fraction of sp³-hybridized carbons (Fsp3) is 0.333. The van der Waals surface area contributed by atoms with Crippen molar-refractivity contribution in [1.82, 2.24) is 19.8 Å². The molecule has 0 radical (unpaired) electrons. The molecule has 0 N–H and O–H groups in total. The van der Waals surface area contributed by atoms with E-state index in [0.29, 0.717) is 10.3 Å². The number of nitrogens with zero attached hydrogens (tertiary/aromatic N) is 8. The average molecular weight is 625 g/mol. The minimum Gasteiger partial charge on any atom is -0.286 e. The number of fused-ring (bicyclic) bond motifs is 4. The molecule has 0 saturated heterocycles. The Morgan fingerprint density at radius 3 is 1.64 bits per heavy atom. The molecule has 2 aliphatic heterocycles. The Kier molecular flexibility index (Phi) is 6.16. The van der Waals surface area contributed by atoms with Crippen LogP contribution < -0.4 is 0 Å². The lowest BCUT2D eigenvalue weighted by Crippen LogP contribution is -2.44. The SMILES string of the molecule is [C-]#[N+]C1=C(C)C(=Nc2nc3c(s2)C2=C(c4sc(N=C5C(=O)N(C)C(=O)C(C#N)=C5C)nc4C2(C)C)C3(C)C)C(=O)N(C)C1=O. The van der Waals surface area contributed by atoms with E-state index in [9.17, 15) is 24.4 Å². The first-order valence-corrected chi connectivity index (χ1v) is 15.0. The number of aromatic nitrogens is 2. The Balaban J connectivity index is 1.46. The maximum absolute atomic E-state index is 12.9. The number of imide groups is 2. The summed E-state index contributed by atoms with van der Waals surface area (Å²) in [5, 5.41) is 10.2. The zero-order chi connectivity index (χ0) is 32.2. The number of nitriles is 1.